The Morgan fingerprint density at radius 3 is 2.79 bits per heavy atom. The number of aromatic nitrogens is 3. The van der Waals surface area contributed by atoms with Gasteiger partial charge in [-0.25, -0.2) is 9.97 Å². The number of carbonyl (C=O) groups excluding carboxylic acids is 1. The summed E-state index contributed by atoms with van der Waals surface area (Å²) in [6.07, 6.45) is 3.62. The van der Waals surface area contributed by atoms with Gasteiger partial charge in [0.1, 0.15) is 5.69 Å². The second-order valence-electron chi connectivity index (χ2n) is 2.95. The predicted octanol–water partition coefficient (Wildman–Crippen LogP) is 1.20. The quantitative estimate of drug-likeness (QED) is 0.669. The van der Waals surface area contributed by atoms with Crippen molar-refractivity contribution in [2.24, 2.45) is 7.05 Å². The third kappa shape index (κ3) is 1.14. The van der Waals surface area contributed by atoms with E-state index < -0.39 is 0 Å². The van der Waals surface area contributed by atoms with Crippen molar-refractivity contribution >= 4 is 6.29 Å². The van der Waals surface area contributed by atoms with E-state index >= 15 is 0 Å². The molecule has 0 radical (unpaired) electrons. The summed E-state index contributed by atoms with van der Waals surface area (Å²) in [4.78, 5) is 18.6. The second-order valence-corrected chi connectivity index (χ2v) is 2.95. The highest BCUT2D eigenvalue weighted by molar-refractivity contribution is 5.73. The normalized spacial score (nSPS) is 10.4. The smallest absolute Gasteiger partial charge is 0.192 e. The summed E-state index contributed by atoms with van der Waals surface area (Å²) in [7, 11) is 1.76. The standard InChI is InChI=1S/C9H9N3O2/c1-6-8(14-5-11-6)9-10-3-7(4-13)12(9)2/h3-5H,1-2H3. The molecule has 0 amide bonds. The monoisotopic (exact) mass is 191 g/mol. The number of rotatable bonds is 2. The van der Waals surface area contributed by atoms with Crippen molar-refractivity contribution in [3.63, 3.8) is 0 Å². The first-order chi connectivity index (χ1) is 6.74. The zero-order valence-electron chi connectivity index (χ0n) is 7.89. The molecular weight excluding hydrogens is 182 g/mol. The molecule has 0 aromatic carbocycles. The molecule has 14 heavy (non-hydrogen) atoms. The first-order valence-corrected chi connectivity index (χ1v) is 4.11. The van der Waals surface area contributed by atoms with E-state index in [-0.39, 0.29) is 0 Å². The molecule has 0 fully saturated rings. The van der Waals surface area contributed by atoms with Gasteiger partial charge in [0.15, 0.2) is 24.3 Å². The summed E-state index contributed by atoms with van der Waals surface area (Å²) in [5, 5.41) is 0. The van der Waals surface area contributed by atoms with Gasteiger partial charge in [-0.2, -0.15) is 0 Å². The van der Waals surface area contributed by atoms with Crippen molar-refractivity contribution in [2.45, 2.75) is 6.92 Å². The lowest BCUT2D eigenvalue weighted by molar-refractivity contribution is 0.111. The minimum absolute atomic E-state index is 0.510. The lowest BCUT2D eigenvalue weighted by atomic mass is 10.3. The molecule has 2 rings (SSSR count). The highest BCUT2D eigenvalue weighted by Crippen LogP contribution is 2.20. The van der Waals surface area contributed by atoms with Gasteiger partial charge in [0, 0.05) is 7.05 Å². The van der Waals surface area contributed by atoms with Crippen molar-refractivity contribution in [1.29, 1.82) is 0 Å². The maximum Gasteiger partial charge on any atom is 0.192 e. The number of carbonyl (C=O) groups is 1. The van der Waals surface area contributed by atoms with Crippen LogP contribution in [-0.2, 0) is 7.05 Å². The van der Waals surface area contributed by atoms with Gasteiger partial charge in [0.2, 0.25) is 0 Å². The number of nitrogens with zero attached hydrogens (tertiary/aromatic N) is 3. The molecule has 5 heteroatoms. The van der Waals surface area contributed by atoms with Crippen LogP contribution in [0.2, 0.25) is 0 Å². The number of hydrogen-bond donors (Lipinski definition) is 0. The molecule has 2 heterocycles. The Labute approximate surface area is 80.4 Å². The Hall–Kier alpha value is -1.91. The highest BCUT2D eigenvalue weighted by atomic mass is 16.3. The predicted molar refractivity (Wildman–Crippen MR) is 48.8 cm³/mol. The Morgan fingerprint density at radius 2 is 2.29 bits per heavy atom. The largest absolute Gasteiger partial charge is 0.440 e. The Morgan fingerprint density at radius 1 is 1.50 bits per heavy atom. The summed E-state index contributed by atoms with van der Waals surface area (Å²) >= 11 is 0. The maximum atomic E-state index is 10.6. The molecule has 0 saturated heterocycles. The topological polar surface area (TPSA) is 60.9 Å². The van der Waals surface area contributed by atoms with Gasteiger partial charge in [-0.3, -0.25) is 4.79 Å². The van der Waals surface area contributed by atoms with Crippen molar-refractivity contribution in [3.8, 4) is 11.6 Å². The Bertz CT molecular complexity index is 470. The fourth-order valence-corrected chi connectivity index (χ4v) is 1.26. The Kier molecular flexibility index (Phi) is 1.92. The molecule has 0 unspecified atom stereocenters. The van der Waals surface area contributed by atoms with Crippen LogP contribution in [0.3, 0.4) is 0 Å². The number of aryl methyl sites for hydroxylation is 1. The van der Waals surface area contributed by atoms with Gasteiger partial charge in [-0.1, -0.05) is 0 Å². The SMILES string of the molecule is Cc1ncoc1-c1ncc(C=O)n1C. The number of imidazole rings is 1. The van der Waals surface area contributed by atoms with Gasteiger partial charge in [0.05, 0.1) is 11.9 Å². The van der Waals surface area contributed by atoms with Crippen molar-refractivity contribution < 1.29 is 9.21 Å². The van der Waals surface area contributed by atoms with E-state index in [2.05, 4.69) is 9.97 Å². The van der Waals surface area contributed by atoms with Crippen molar-refractivity contribution in [2.75, 3.05) is 0 Å². The molecule has 0 spiro atoms. The summed E-state index contributed by atoms with van der Waals surface area (Å²) in [6, 6.07) is 0. The molecule has 0 aliphatic carbocycles. The van der Waals surface area contributed by atoms with Crippen LogP contribution in [0.4, 0.5) is 0 Å². The average molecular weight is 191 g/mol. The minimum Gasteiger partial charge on any atom is -0.440 e. The van der Waals surface area contributed by atoms with Crippen LogP contribution in [-0.4, -0.2) is 20.8 Å². The zero-order valence-corrected chi connectivity index (χ0v) is 7.89. The Balaban J connectivity index is 2.58. The summed E-state index contributed by atoms with van der Waals surface area (Å²) in [5.74, 6) is 1.21. The molecule has 0 aliphatic heterocycles. The van der Waals surface area contributed by atoms with Crippen LogP contribution in [0.25, 0.3) is 11.6 Å². The van der Waals surface area contributed by atoms with E-state index in [9.17, 15) is 4.79 Å². The van der Waals surface area contributed by atoms with E-state index in [1.54, 1.807) is 11.6 Å². The molecule has 0 atom stereocenters. The fraction of sp³-hybridized carbons (Fsp3) is 0.222. The summed E-state index contributed by atoms with van der Waals surface area (Å²) < 4.78 is 6.85. The second kappa shape index (κ2) is 3.10. The van der Waals surface area contributed by atoms with Crippen LogP contribution in [0, 0.1) is 6.92 Å². The van der Waals surface area contributed by atoms with E-state index in [1.165, 1.54) is 12.6 Å². The molecule has 2 aromatic rings. The molecule has 2 aromatic heterocycles. The third-order valence-electron chi connectivity index (χ3n) is 2.09. The van der Waals surface area contributed by atoms with Crippen molar-refractivity contribution in [1.82, 2.24) is 14.5 Å². The zero-order chi connectivity index (χ0) is 10.1. The number of oxazole rings is 1. The minimum atomic E-state index is 0.510. The van der Waals surface area contributed by atoms with Gasteiger partial charge in [0.25, 0.3) is 0 Å². The maximum absolute atomic E-state index is 10.6. The highest BCUT2D eigenvalue weighted by Gasteiger charge is 2.13. The molecule has 0 aliphatic rings. The summed E-state index contributed by atoms with van der Waals surface area (Å²) in [5.41, 5.74) is 1.27. The van der Waals surface area contributed by atoms with E-state index in [0.717, 1.165) is 12.0 Å². The molecule has 0 saturated carbocycles. The van der Waals surface area contributed by atoms with E-state index in [4.69, 9.17) is 4.42 Å². The molecule has 72 valence electrons. The molecule has 5 nitrogen and oxygen atoms in total. The van der Waals surface area contributed by atoms with Gasteiger partial charge in [-0.15, -0.1) is 0 Å². The first kappa shape index (κ1) is 8.68. The van der Waals surface area contributed by atoms with Gasteiger partial charge < -0.3 is 8.98 Å². The average Bonchev–Trinajstić information content (AvgIpc) is 2.72. The fourth-order valence-electron chi connectivity index (χ4n) is 1.26. The summed E-state index contributed by atoms with van der Waals surface area (Å²) in [6.45, 7) is 1.83. The van der Waals surface area contributed by atoms with Crippen LogP contribution in [0.5, 0.6) is 0 Å². The molecule has 0 N–H and O–H groups in total. The van der Waals surface area contributed by atoms with Gasteiger partial charge in [-0.05, 0) is 6.92 Å². The first-order valence-electron chi connectivity index (χ1n) is 4.11. The van der Waals surface area contributed by atoms with Crippen LogP contribution < -0.4 is 0 Å². The van der Waals surface area contributed by atoms with Gasteiger partial charge >= 0.3 is 0 Å². The van der Waals surface area contributed by atoms with Crippen LogP contribution in [0.1, 0.15) is 16.2 Å². The molecular formula is C9H9N3O2. The van der Waals surface area contributed by atoms with Crippen LogP contribution >= 0.6 is 0 Å². The number of hydrogen-bond acceptors (Lipinski definition) is 4. The lowest BCUT2D eigenvalue weighted by Crippen LogP contribution is -1.97. The number of aldehydes is 1. The van der Waals surface area contributed by atoms with E-state index in [0.29, 0.717) is 17.3 Å². The molecule has 0 bridgehead atoms. The third-order valence-corrected chi connectivity index (χ3v) is 2.09. The van der Waals surface area contributed by atoms with Crippen LogP contribution in [0.15, 0.2) is 17.0 Å². The van der Waals surface area contributed by atoms with E-state index in [1.807, 2.05) is 6.92 Å². The lowest BCUT2D eigenvalue weighted by Gasteiger charge is -1.98. The van der Waals surface area contributed by atoms with Crippen molar-refractivity contribution in [3.05, 3.63) is 24.0 Å².